The minimum atomic E-state index is -0.327. The number of carbonyl (C=O) groups excluding carboxylic acids is 1. The average Bonchev–Trinajstić information content (AvgIpc) is 3.14. The topological polar surface area (TPSA) is 81.9 Å². The zero-order valence-corrected chi connectivity index (χ0v) is 15.1. The Morgan fingerprint density at radius 2 is 2.00 bits per heavy atom. The van der Waals surface area contributed by atoms with E-state index in [1.54, 1.807) is 41.1 Å². The number of tetrazole rings is 1. The van der Waals surface area contributed by atoms with Gasteiger partial charge < -0.3 is 10.1 Å². The molecule has 0 aliphatic carbocycles. The van der Waals surface area contributed by atoms with Crippen LogP contribution in [0.5, 0.6) is 5.75 Å². The van der Waals surface area contributed by atoms with Crippen molar-refractivity contribution < 1.29 is 13.9 Å². The van der Waals surface area contributed by atoms with Gasteiger partial charge in [-0.2, -0.15) is 0 Å². The highest BCUT2D eigenvalue weighted by molar-refractivity contribution is 5.94. The summed E-state index contributed by atoms with van der Waals surface area (Å²) in [4.78, 5) is 12.2. The summed E-state index contributed by atoms with van der Waals surface area (Å²) < 4.78 is 20.5. The lowest BCUT2D eigenvalue weighted by Crippen LogP contribution is -2.22. The second-order valence-corrected chi connectivity index (χ2v) is 6.26. The van der Waals surface area contributed by atoms with Crippen LogP contribution >= 0.6 is 0 Å². The fourth-order valence-electron chi connectivity index (χ4n) is 2.49. The Morgan fingerprint density at radius 3 is 2.70 bits per heavy atom. The van der Waals surface area contributed by atoms with Crippen molar-refractivity contribution in [2.24, 2.45) is 0 Å². The lowest BCUT2D eigenvalue weighted by molar-refractivity contribution is 0.0951. The van der Waals surface area contributed by atoms with Gasteiger partial charge in [0.1, 0.15) is 18.2 Å². The number of amides is 1. The van der Waals surface area contributed by atoms with Gasteiger partial charge in [0.2, 0.25) is 0 Å². The first-order valence-corrected chi connectivity index (χ1v) is 8.55. The molecule has 0 aliphatic rings. The molecule has 0 radical (unpaired) electrons. The number of hydrogen-bond acceptors (Lipinski definition) is 5. The van der Waals surface area contributed by atoms with E-state index in [1.165, 1.54) is 12.1 Å². The summed E-state index contributed by atoms with van der Waals surface area (Å²) in [5, 5.41) is 14.3. The third-order valence-corrected chi connectivity index (χ3v) is 3.88. The van der Waals surface area contributed by atoms with Gasteiger partial charge in [0.05, 0.1) is 6.04 Å². The molecular formula is C19H20FN5O2. The molecule has 0 saturated heterocycles. The van der Waals surface area contributed by atoms with E-state index in [0.29, 0.717) is 22.7 Å². The van der Waals surface area contributed by atoms with E-state index in [9.17, 15) is 9.18 Å². The predicted octanol–water partition coefficient (Wildman–Crippen LogP) is 2.90. The van der Waals surface area contributed by atoms with Gasteiger partial charge in [-0.1, -0.05) is 12.1 Å². The maximum Gasteiger partial charge on any atom is 0.251 e. The molecule has 1 N–H and O–H groups in total. The Morgan fingerprint density at radius 1 is 1.22 bits per heavy atom. The molecule has 1 amide bonds. The van der Waals surface area contributed by atoms with Crippen molar-refractivity contribution in [1.82, 2.24) is 25.5 Å². The summed E-state index contributed by atoms with van der Waals surface area (Å²) in [6, 6.07) is 13.0. The Kier molecular flexibility index (Phi) is 5.75. The third-order valence-electron chi connectivity index (χ3n) is 3.88. The normalized spacial score (nSPS) is 10.8. The first kappa shape index (κ1) is 18.5. The number of ether oxygens (including phenoxy) is 1. The molecule has 140 valence electrons. The van der Waals surface area contributed by atoms with Gasteiger partial charge >= 0.3 is 0 Å². The minimum Gasteiger partial charge on any atom is -0.486 e. The molecule has 0 aliphatic heterocycles. The van der Waals surface area contributed by atoms with Crippen molar-refractivity contribution in [2.75, 3.05) is 0 Å². The fourth-order valence-corrected chi connectivity index (χ4v) is 2.49. The number of halogens is 1. The van der Waals surface area contributed by atoms with E-state index >= 15 is 0 Å². The van der Waals surface area contributed by atoms with Gasteiger partial charge in [0.25, 0.3) is 5.91 Å². The van der Waals surface area contributed by atoms with Gasteiger partial charge in [0, 0.05) is 12.1 Å². The van der Waals surface area contributed by atoms with Crippen LogP contribution in [0.4, 0.5) is 4.39 Å². The molecule has 0 saturated carbocycles. The van der Waals surface area contributed by atoms with E-state index < -0.39 is 0 Å². The van der Waals surface area contributed by atoms with Crippen molar-refractivity contribution >= 4 is 5.91 Å². The van der Waals surface area contributed by atoms with Crippen LogP contribution in [0.3, 0.4) is 0 Å². The zero-order chi connectivity index (χ0) is 19.2. The molecule has 0 bridgehead atoms. The number of nitrogens with zero attached hydrogens (tertiary/aromatic N) is 4. The first-order chi connectivity index (χ1) is 13.0. The van der Waals surface area contributed by atoms with E-state index in [4.69, 9.17) is 4.74 Å². The van der Waals surface area contributed by atoms with Crippen LogP contribution in [0.25, 0.3) is 0 Å². The zero-order valence-electron chi connectivity index (χ0n) is 15.1. The van der Waals surface area contributed by atoms with Crippen LogP contribution < -0.4 is 10.1 Å². The number of benzene rings is 2. The highest BCUT2D eigenvalue weighted by Gasteiger charge is 2.10. The van der Waals surface area contributed by atoms with Gasteiger partial charge in [-0.15, -0.1) is 5.10 Å². The summed E-state index contributed by atoms with van der Waals surface area (Å²) in [7, 11) is 0. The van der Waals surface area contributed by atoms with Crippen molar-refractivity contribution in [3.8, 4) is 5.75 Å². The Bertz CT molecular complexity index is 908. The fraction of sp³-hybridized carbons (Fsp3) is 0.263. The number of nitrogens with one attached hydrogen (secondary N) is 1. The van der Waals surface area contributed by atoms with Crippen LogP contribution in [-0.2, 0) is 13.2 Å². The van der Waals surface area contributed by atoms with E-state index in [2.05, 4.69) is 20.8 Å². The lowest BCUT2D eigenvalue weighted by Gasteiger charge is -2.10. The smallest absolute Gasteiger partial charge is 0.251 e. The SMILES string of the molecule is CC(C)n1nnnc1COc1ccc(C(=O)NCc2cccc(F)c2)cc1. The average molecular weight is 369 g/mol. The standard InChI is InChI=1S/C19H20FN5O2/c1-13(2)25-18(22-23-24-25)12-27-17-8-6-15(7-9-17)19(26)21-11-14-4-3-5-16(20)10-14/h3-10,13H,11-12H2,1-2H3,(H,21,26). The maximum atomic E-state index is 13.2. The number of hydrogen-bond donors (Lipinski definition) is 1. The highest BCUT2D eigenvalue weighted by atomic mass is 19.1. The van der Waals surface area contributed by atoms with Crippen molar-refractivity contribution in [2.45, 2.75) is 33.0 Å². The molecule has 3 aromatic rings. The second-order valence-electron chi connectivity index (χ2n) is 6.26. The van der Waals surface area contributed by atoms with Gasteiger partial charge in [-0.3, -0.25) is 4.79 Å². The molecule has 0 fully saturated rings. The van der Waals surface area contributed by atoms with Crippen molar-refractivity contribution in [3.63, 3.8) is 0 Å². The Hall–Kier alpha value is -3.29. The molecule has 3 rings (SSSR count). The van der Waals surface area contributed by atoms with Crippen LogP contribution in [-0.4, -0.2) is 26.1 Å². The molecule has 2 aromatic carbocycles. The molecule has 1 aromatic heterocycles. The molecule has 27 heavy (non-hydrogen) atoms. The quantitative estimate of drug-likeness (QED) is 0.692. The Labute approximate surface area is 156 Å². The molecule has 0 unspecified atom stereocenters. The molecule has 1 heterocycles. The van der Waals surface area contributed by atoms with Crippen LogP contribution in [0, 0.1) is 5.82 Å². The van der Waals surface area contributed by atoms with Gasteiger partial charge in [-0.25, -0.2) is 9.07 Å². The van der Waals surface area contributed by atoms with E-state index in [0.717, 1.165) is 0 Å². The lowest BCUT2D eigenvalue weighted by atomic mass is 10.2. The summed E-state index contributed by atoms with van der Waals surface area (Å²) in [5.41, 5.74) is 1.19. The van der Waals surface area contributed by atoms with Crippen LogP contribution in [0.1, 0.15) is 41.6 Å². The van der Waals surface area contributed by atoms with Crippen molar-refractivity contribution in [1.29, 1.82) is 0 Å². The van der Waals surface area contributed by atoms with Crippen molar-refractivity contribution in [3.05, 3.63) is 71.3 Å². The highest BCUT2D eigenvalue weighted by Crippen LogP contribution is 2.15. The second kappa shape index (κ2) is 8.39. The third kappa shape index (κ3) is 4.87. The minimum absolute atomic E-state index is 0.141. The number of aromatic nitrogens is 4. The maximum absolute atomic E-state index is 13.2. The predicted molar refractivity (Wildman–Crippen MR) is 96.5 cm³/mol. The van der Waals surface area contributed by atoms with E-state index in [-0.39, 0.29) is 30.9 Å². The molecule has 8 heteroatoms. The van der Waals surface area contributed by atoms with Crippen LogP contribution in [0.15, 0.2) is 48.5 Å². The molecule has 0 atom stereocenters. The molecule has 0 spiro atoms. The summed E-state index contributed by atoms with van der Waals surface area (Å²) >= 11 is 0. The number of rotatable bonds is 7. The van der Waals surface area contributed by atoms with E-state index in [1.807, 2.05) is 13.8 Å². The largest absolute Gasteiger partial charge is 0.486 e. The number of carbonyl (C=O) groups is 1. The first-order valence-electron chi connectivity index (χ1n) is 8.55. The summed E-state index contributed by atoms with van der Waals surface area (Å²) in [6.45, 7) is 4.46. The Balaban J connectivity index is 1.55. The molecular weight excluding hydrogens is 349 g/mol. The monoisotopic (exact) mass is 369 g/mol. The van der Waals surface area contributed by atoms with Gasteiger partial charge in [0.15, 0.2) is 5.82 Å². The summed E-state index contributed by atoms with van der Waals surface area (Å²) in [6.07, 6.45) is 0. The summed E-state index contributed by atoms with van der Waals surface area (Å²) in [5.74, 6) is 0.665. The molecule has 7 nitrogen and oxygen atoms in total. The van der Waals surface area contributed by atoms with Crippen LogP contribution in [0.2, 0.25) is 0 Å². The van der Waals surface area contributed by atoms with Gasteiger partial charge in [-0.05, 0) is 66.2 Å².